The maximum absolute atomic E-state index is 11.6. The van der Waals surface area contributed by atoms with Crippen LogP contribution in [-0.4, -0.2) is 35.6 Å². The van der Waals surface area contributed by atoms with Crippen LogP contribution in [0.5, 0.6) is 0 Å². The van der Waals surface area contributed by atoms with Gasteiger partial charge in [-0.1, -0.05) is 0 Å². The van der Waals surface area contributed by atoms with Gasteiger partial charge in [0, 0.05) is 5.54 Å². The van der Waals surface area contributed by atoms with E-state index in [0.29, 0.717) is 0 Å². The predicted molar refractivity (Wildman–Crippen MR) is 71.2 cm³/mol. The van der Waals surface area contributed by atoms with Gasteiger partial charge in [-0.2, -0.15) is 0 Å². The van der Waals surface area contributed by atoms with E-state index in [1.165, 1.54) is 0 Å². The number of ether oxygens (including phenoxy) is 1. The standard InChI is InChI=1S/C13H26N2O3/c1-9(11(17)18-13(5,6)7)14-8-10(16)15-12(2,3)4/h9,14H,8H2,1-7H3,(H,15,16). The van der Waals surface area contributed by atoms with Crippen LogP contribution >= 0.6 is 0 Å². The van der Waals surface area contributed by atoms with Crippen molar-refractivity contribution >= 4 is 11.9 Å². The van der Waals surface area contributed by atoms with Crippen molar-refractivity contribution in [2.75, 3.05) is 6.54 Å². The van der Waals surface area contributed by atoms with Crippen molar-refractivity contribution in [1.29, 1.82) is 0 Å². The molecule has 2 N–H and O–H groups in total. The minimum Gasteiger partial charge on any atom is -0.459 e. The van der Waals surface area contributed by atoms with Crippen LogP contribution < -0.4 is 10.6 Å². The van der Waals surface area contributed by atoms with Crippen molar-refractivity contribution in [2.45, 2.75) is 65.6 Å². The highest BCUT2D eigenvalue weighted by atomic mass is 16.6. The Morgan fingerprint density at radius 2 is 1.61 bits per heavy atom. The Morgan fingerprint density at radius 3 is 2.00 bits per heavy atom. The molecule has 5 heteroatoms. The Morgan fingerprint density at radius 1 is 1.11 bits per heavy atom. The lowest BCUT2D eigenvalue weighted by atomic mass is 10.1. The molecule has 0 radical (unpaired) electrons. The summed E-state index contributed by atoms with van der Waals surface area (Å²) < 4.78 is 5.20. The summed E-state index contributed by atoms with van der Waals surface area (Å²) in [7, 11) is 0. The van der Waals surface area contributed by atoms with Gasteiger partial charge < -0.3 is 10.1 Å². The molecule has 0 aliphatic rings. The highest BCUT2D eigenvalue weighted by molar-refractivity contribution is 5.80. The van der Waals surface area contributed by atoms with Gasteiger partial charge in [0.2, 0.25) is 5.91 Å². The van der Waals surface area contributed by atoms with E-state index in [4.69, 9.17) is 4.74 Å². The molecule has 0 saturated heterocycles. The van der Waals surface area contributed by atoms with Crippen LogP contribution in [-0.2, 0) is 14.3 Å². The summed E-state index contributed by atoms with van der Waals surface area (Å²) in [5, 5.41) is 5.65. The molecule has 0 aliphatic carbocycles. The Bertz CT molecular complexity index is 300. The first-order chi connectivity index (χ1) is 7.91. The average Bonchev–Trinajstić information content (AvgIpc) is 2.08. The first kappa shape index (κ1) is 16.9. The van der Waals surface area contributed by atoms with Crippen molar-refractivity contribution in [1.82, 2.24) is 10.6 Å². The van der Waals surface area contributed by atoms with Crippen LogP contribution in [0.4, 0.5) is 0 Å². The first-order valence-corrected chi connectivity index (χ1v) is 6.18. The summed E-state index contributed by atoms with van der Waals surface area (Å²) in [6, 6.07) is -0.505. The number of carbonyl (C=O) groups is 2. The van der Waals surface area contributed by atoms with Crippen LogP contribution in [0, 0.1) is 0 Å². The third-order valence-corrected chi connectivity index (χ3v) is 1.84. The van der Waals surface area contributed by atoms with Crippen molar-refractivity contribution < 1.29 is 14.3 Å². The molecule has 1 unspecified atom stereocenters. The van der Waals surface area contributed by atoms with Crippen molar-refractivity contribution in [3.63, 3.8) is 0 Å². The highest BCUT2D eigenvalue weighted by Crippen LogP contribution is 2.08. The molecule has 0 aromatic carbocycles. The SMILES string of the molecule is CC(NCC(=O)NC(C)(C)C)C(=O)OC(C)(C)C. The summed E-state index contributed by atoms with van der Waals surface area (Å²) in [5.74, 6) is -0.496. The van der Waals surface area contributed by atoms with Crippen molar-refractivity contribution in [2.24, 2.45) is 0 Å². The fourth-order valence-corrected chi connectivity index (χ4v) is 1.18. The lowest BCUT2D eigenvalue weighted by Gasteiger charge is -2.24. The maximum Gasteiger partial charge on any atom is 0.323 e. The Kier molecular flexibility index (Phi) is 5.80. The molecular weight excluding hydrogens is 232 g/mol. The molecule has 0 rings (SSSR count). The second kappa shape index (κ2) is 6.18. The summed E-state index contributed by atoms with van der Waals surface area (Å²) in [5.41, 5.74) is -0.783. The van der Waals surface area contributed by atoms with Crippen LogP contribution in [0.1, 0.15) is 48.5 Å². The topological polar surface area (TPSA) is 67.4 Å². The van der Waals surface area contributed by atoms with Gasteiger partial charge in [-0.05, 0) is 48.5 Å². The lowest BCUT2D eigenvalue weighted by molar-refractivity contribution is -0.156. The number of nitrogens with one attached hydrogen (secondary N) is 2. The van der Waals surface area contributed by atoms with Gasteiger partial charge >= 0.3 is 5.97 Å². The fraction of sp³-hybridized carbons (Fsp3) is 0.846. The van der Waals surface area contributed by atoms with Gasteiger partial charge in [0.1, 0.15) is 11.6 Å². The lowest BCUT2D eigenvalue weighted by Crippen LogP contribution is -2.48. The predicted octanol–water partition coefficient (Wildman–Crippen LogP) is 1.22. The largest absolute Gasteiger partial charge is 0.459 e. The Labute approximate surface area is 110 Å². The molecule has 0 aromatic rings. The van der Waals surface area contributed by atoms with Gasteiger partial charge in [0.15, 0.2) is 0 Å². The van der Waals surface area contributed by atoms with Crippen LogP contribution in [0.2, 0.25) is 0 Å². The summed E-state index contributed by atoms with van der Waals surface area (Å²) >= 11 is 0. The minimum atomic E-state index is -0.513. The van der Waals surface area contributed by atoms with E-state index in [1.807, 2.05) is 41.5 Å². The molecule has 1 amide bonds. The average molecular weight is 258 g/mol. The number of amides is 1. The minimum absolute atomic E-state index is 0.0949. The number of carbonyl (C=O) groups excluding carboxylic acids is 2. The van der Waals surface area contributed by atoms with Gasteiger partial charge in [0.05, 0.1) is 6.54 Å². The molecule has 0 saturated carbocycles. The number of hydrogen-bond donors (Lipinski definition) is 2. The van der Waals surface area contributed by atoms with Crippen LogP contribution in [0.15, 0.2) is 0 Å². The highest BCUT2D eigenvalue weighted by Gasteiger charge is 2.22. The third kappa shape index (κ3) is 8.98. The van der Waals surface area contributed by atoms with E-state index in [9.17, 15) is 9.59 Å². The van der Waals surface area contributed by atoms with Gasteiger partial charge in [-0.25, -0.2) is 0 Å². The van der Waals surface area contributed by atoms with Crippen molar-refractivity contribution in [3.05, 3.63) is 0 Å². The quantitative estimate of drug-likeness (QED) is 0.744. The third-order valence-electron chi connectivity index (χ3n) is 1.84. The van der Waals surface area contributed by atoms with E-state index < -0.39 is 11.6 Å². The van der Waals surface area contributed by atoms with E-state index >= 15 is 0 Å². The zero-order chi connectivity index (χ0) is 14.6. The number of esters is 1. The van der Waals surface area contributed by atoms with E-state index in [1.54, 1.807) is 6.92 Å². The smallest absolute Gasteiger partial charge is 0.323 e. The Hall–Kier alpha value is -1.10. The zero-order valence-electron chi connectivity index (χ0n) is 12.5. The molecule has 0 bridgehead atoms. The zero-order valence-corrected chi connectivity index (χ0v) is 12.5. The molecular formula is C13H26N2O3. The molecule has 0 heterocycles. The maximum atomic E-state index is 11.6. The monoisotopic (exact) mass is 258 g/mol. The second-order valence-electron chi connectivity index (χ2n) is 6.43. The molecule has 0 aromatic heterocycles. The summed E-state index contributed by atoms with van der Waals surface area (Å²) in [6.45, 7) is 12.9. The molecule has 0 fully saturated rings. The number of hydrogen-bond acceptors (Lipinski definition) is 4. The molecule has 0 spiro atoms. The Balaban J connectivity index is 4.07. The van der Waals surface area contributed by atoms with Gasteiger partial charge in [0.25, 0.3) is 0 Å². The fourth-order valence-electron chi connectivity index (χ4n) is 1.18. The molecule has 1 atom stereocenters. The van der Waals surface area contributed by atoms with Gasteiger partial charge in [-0.15, -0.1) is 0 Å². The normalized spacial score (nSPS) is 13.9. The van der Waals surface area contributed by atoms with Crippen molar-refractivity contribution in [3.8, 4) is 0 Å². The summed E-state index contributed by atoms with van der Waals surface area (Å²) in [6.07, 6.45) is 0. The molecule has 5 nitrogen and oxygen atoms in total. The van der Waals surface area contributed by atoms with E-state index in [-0.39, 0.29) is 24.0 Å². The van der Waals surface area contributed by atoms with E-state index in [2.05, 4.69) is 10.6 Å². The summed E-state index contributed by atoms with van der Waals surface area (Å²) in [4.78, 5) is 23.2. The first-order valence-electron chi connectivity index (χ1n) is 6.18. The van der Waals surface area contributed by atoms with Gasteiger partial charge in [-0.3, -0.25) is 14.9 Å². The molecule has 106 valence electrons. The number of rotatable bonds is 4. The molecule has 0 aliphatic heterocycles. The van der Waals surface area contributed by atoms with Crippen LogP contribution in [0.25, 0.3) is 0 Å². The molecule has 18 heavy (non-hydrogen) atoms. The van der Waals surface area contributed by atoms with E-state index in [0.717, 1.165) is 0 Å². The second-order valence-corrected chi connectivity index (χ2v) is 6.43. The van der Waals surface area contributed by atoms with Crippen LogP contribution in [0.3, 0.4) is 0 Å².